The number of piperazine rings is 1. The molecule has 1 aliphatic heterocycles. The average molecular weight is 445 g/mol. The Hall–Kier alpha value is -3.01. The van der Waals surface area contributed by atoms with Gasteiger partial charge in [0.1, 0.15) is 11.5 Å². The van der Waals surface area contributed by atoms with Gasteiger partial charge in [-0.2, -0.15) is 13.2 Å². The average Bonchev–Trinajstić information content (AvgIpc) is 3.26. The zero-order valence-electron chi connectivity index (χ0n) is 17.9. The van der Waals surface area contributed by atoms with E-state index < -0.39 is 11.9 Å². The number of nitrogens with zero attached hydrogens (tertiary/aromatic N) is 7. The van der Waals surface area contributed by atoms with Crippen molar-refractivity contribution < 1.29 is 13.2 Å². The second-order valence-electron chi connectivity index (χ2n) is 7.83. The fourth-order valence-corrected chi connectivity index (χ4v) is 4.00. The lowest BCUT2D eigenvalue weighted by atomic mass is 10.0. The van der Waals surface area contributed by atoms with E-state index in [1.807, 2.05) is 27.8 Å². The molecule has 1 aromatic carbocycles. The molecule has 32 heavy (non-hydrogen) atoms. The highest BCUT2D eigenvalue weighted by atomic mass is 19.4. The summed E-state index contributed by atoms with van der Waals surface area (Å²) in [4.78, 5) is 8.02. The van der Waals surface area contributed by atoms with Crippen LogP contribution in [0.3, 0.4) is 0 Å². The van der Waals surface area contributed by atoms with Crippen LogP contribution in [0.2, 0.25) is 0 Å². The Balaban J connectivity index is 1.55. The van der Waals surface area contributed by atoms with Gasteiger partial charge in [0.25, 0.3) is 0 Å². The van der Waals surface area contributed by atoms with E-state index in [-0.39, 0.29) is 6.04 Å². The van der Waals surface area contributed by atoms with Crippen molar-refractivity contribution in [3.63, 3.8) is 0 Å². The maximum atomic E-state index is 13.1. The summed E-state index contributed by atoms with van der Waals surface area (Å²) in [6.45, 7) is 5.30. The van der Waals surface area contributed by atoms with Gasteiger partial charge in [0, 0.05) is 32.7 Å². The molecule has 1 aliphatic rings. The molecule has 2 aromatic heterocycles. The molecule has 0 amide bonds. The molecular weight excluding hydrogens is 419 g/mol. The molecule has 0 aliphatic carbocycles. The molecule has 0 N–H and O–H groups in total. The fraction of sp³-hybridized carbons (Fsp3) is 0.455. The van der Waals surface area contributed by atoms with Crippen LogP contribution in [0.5, 0.6) is 0 Å². The monoisotopic (exact) mass is 445 g/mol. The normalized spacial score (nSPS) is 16.3. The van der Waals surface area contributed by atoms with Crippen LogP contribution in [0.25, 0.3) is 0 Å². The van der Waals surface area contributed by atoms with E-state index in [0.717, 1.165) is 36.8 Å². The topological polar surface area (TPSA) is 63.0 Å². The highest BCUT2D eigenvalue weighted by Gasteiger charge is 2.34. The molecule has 1 atom stereocenters. The van der Waals surface area contributed by atoms with Crippen molar-refractivity contribution in [3.05, 3.63) is 65.6 Å². The fourth-order valence-electron chi connectivity index (χ4n) is 4.00. The third-order valence-corrected chi connectivity index (χ3v) is 5.67. The lowest BCUT2D eigenvalue weighted by Crippen LogP contribution is -2.48. The van der Waals surface area contributed by atoms with Crippen LogP contribution in [0.15, 0.2) is 48.5 Å². The van der Waals surface area contributed by atoms with Gasteiger partial charge in [-0.1, -0.05) is 49.7 Å². The van der Waals surface area contributed by atoms with E-state index >= 15 is 0 Å². The number of halogens is 3. The van der Waals surface area contributed by atoms with E-state index in [9.17, 15) is 13.2 Å². The number of aromatic nitrogens is 5. The van der Waals surface area contributed by atoms with Crippen molar-refractivity contribution in [1.29, 1.82) is 0 Å². The number of alkyl halides is 3. The summed E-state index contributed by atoms with van der Waals surface area (Å²) in [6.07, 6.45) is -2.43. The number of anilines is 1. The smallest absolute Gasteiger partial charge is 0.354 e. The summed E-state index contributed by atoms with van der Waals surface area (Å²) in [5.41, 5.74) is 0.223. The first-order chi connectivity index (χ1) is 15.5. The lowest BCUT2D eigenvalue weighted by molar-refractivity contribution is -0.141. The van der Waals surface area contributed by atoms with Crippen molar-refractivity contribution in [3.8, 4) is 0 Å². The highest BCUT2D eigenvalue weighted by molar-refractivity contribution is 5.40. The van der Waals surface area contributed by atoms with E-state index in [2.05, 4.69) is 44.5 Å². The molecule has 3 aromatic rings. The van der Waals surface area contributed by atoms with Crippen LogP contribution >= 0.6 is 0 Å². The number of rotatable bonds is 7. The Morgan fingerprint density at radius 3 is 2.41 bits per heavy atom. The molecule has 0 bridgehead atoms. The van der Waals surface area contributed by atoms with Crippen molar-refractivity contribution >= 4 is 5.82 Å². The molecule has 0 saturated carbocycles. The largest absolute Gasteiger partial charge is 0.433 e. The molecule has 1 unspecified atom stereocenters. The Morgan fingerprint density at radius 1 is 0.969 bits per heavy atom. The van der Waals surface area contributed by atoms with Gasteiger partial charge in [-0.3, -0.25) is 4.90 Å². The predicted molar refractivity (Wildman–Crippen MR) is 114 cm³/mol. The number of benzene rings is 1. The van der Waals surface area contributed by atoms with Crippen LogP contribution in [0.4, 0.5) is 19.0 Å². The number of aryl methyl sites for hydroxylation is 1. The van der Waals surface area contributed by atoms with Gasteiger partial charge in [-0.25, -0.2) is 9.67 Å². The molecule has 3 heterocycles. The van der Waals surface area contributed by atoms with E-state index in [1.54, 1.807) is 6.07 Å². The predicted octanol–water partition coefficient (Wildman–Crippen LogP) is 3.80. The van der Waals surface area contributed by atoms with E-state index in [1.165, 1.54) is 6.07 Å². The second-order valence-corrected chi connectivity index (χ2v) is 7.83. The maximum absolute atomic E-state index is 13.1. The van der Waals surface area contributed by atoms with Crippen LogP contribution in [-0.4, -0.2) is 56.3 Å². The number of hydrogen-bond donors (Lipinski definition) is 0. The molecule has 170 valence electrons. The highest BCUT2D eigenvalue weighted by Crippen LogP contribution is 2.31. The Labute approximate surface area is 184 Å². The summed E-state index contributed by atoms with van der Waals surface area (Å²) >= 11 is 0. The molecule has 0 spiro atoms. The molecule has 1 fully saturated rings. The second kappa shape index (κ2) is 9.64. The Morgan fingerprint density at radius 2 is 1.72 bits per heavy atom. The summed E-state index contributed by atoms with van der Waals surface area (Å²) in [5, 5.41) is 12.5. The van der Waals surface area contributed by atoms with Gasteiger partial charge >= 0.3 is 6.18 Å². The van der Waals surface area contributed by atoms with Gasteiger partial charge in [0.05, 0.1) is 6.04 Å². The summed E-state index contributed by atoms with van der Waals surface area (Å²) in [7, 11) is 0. The zero-order chi connectivity index (χ0) is 22.6. The number of tetrazole rings is 1. The molecule has 0 radical (unpaired) electrons. The van der Waals surface area contributed by atoms with Crippen molar-refractivity contribution in [2.24, 2.45) is 0 Å². The van der Waals surface area contributed by atoms with Crippen molar-refractivity contribution in [2.45, 2.75) is 38.5 Å². The number of hydrogen-bond acceptors (Lipinski definition) is 6. The van der Waals surface area contributed by atoms with Gasteiger partial charge in [-0.15, -0.1) is 5.10 Å². The Kier molecular flexibility index (Phi) is 6.69. The summed E-state index contributed by atoms with van der Waals surface area (Å²) in [6, 6.07) is 14.0. The van der Waals surface area contributed by atoms with E-state index in [4.69, 9.17) is 0 Å². The lowest BCUT2D eigenvalue weighted by Gasteiger charge is -2.39. The zero-order valence-corrected chi connectivity index (χ0v) is 17.9. The minimum Gasteiger partial charge on any atom is -0.354 e. The maximum Gasteiger partial charge on any atom is 0.433 e. The molecule has 4 rings (SSSR count). The van der Waals surface area contributed by atoms with E-state index in [0.29, 0.717) is 32.0 Å². The van der Waals surface area contributed by atoms with Crippen LogP contribution in [0, 0.1) is 0 Å². The minimum atomic E-state index is -4.45. The van der Waals surface area contributed by atoms with Gasteiger partial charge < -0.3 is 4.90 Å². The first kappa shape index (κ1) is 22.2. The van der Waals surface area contributed by atoms with Gasteiger partial charge in [0.15, 0.2) is 5.82 Å². The standard InChI is InChI=1S/C22H26F3N7/c1-2-3-12-32-21(27-28-29-32)20(17-8-5-4-6-9-17)31-15-13-30(14-16-31)19-11-7-10-18(26-19)22(23,24)25/h4-11,20H,2-3,12-16H2,1H3. The number of unbranched alkanes of at least 4 members (excludes halogenated alkanes) is 1. The van der Waals surface area contributed by atoms with Gasteiger partial charge in [0.2, 0.25) is 0 Å². The number of pyridine rings is 1. The van der Waals surface area contributed by atoms with Gasteiger partial charge in [-0.05, 0) is 34.5 Å². The minimum absolute atomic E-state index is 0.125. The third kappa shape index (κ3) is 4.90. The molecule has 7 nitrogen and oxygen atoms in total. The quantitative estimate of drug-likeness (QED) is 0.551. The third-order valence-electron chi connectivity index (χ3n) is 5.67. The van der Waals surface area contributed by atoms with Crippen LogP contribution < -0.4 is 4.90 Å². The van der Waals surface area contributed by atoms with Crippen LogP contribution in [-0.2, 0) is 12.7 Å². The van der Waals surface area contributed by atoms with Crippen LogP contribution in [0.1, 0.15) is 42.9 Å². The Bertz CT molecular complexity index is 998. The van der Waals surface area contributed by atoms with Crippen molar-refractivity contribution in [1.82, 2.24) is 30.1 Å². The first-order valence-corrected chi connectivity index (χ1v) is 10.8. The SMILES string of the molecule is CCCCn1nnnc1C(c1ccccc1)N1CCN(c2cccc(C(F)(F)F)n2)CC1. The molecule has 10 heteroatoms. The first-order valence-electron chi connectivity index (χ1n) is 10.8. The van der Waals surface area contributed by atoms with Crippen molar-refractivity contribution in [2.75, 3.05) is 31.1 Å². The molecule has 1 saturated heterocycles. The summed E-state index contributed by atoms with van der Waals surface area (Å²) < 4.78 is 41.1. The molecular formula is C22H26F3N7. The summed E-state index contributed by atoms with van der Waals surface area (Å²) in [5.74, 6) is 1.14.